The van der Waals surface area contributed by atoms with Crippen molar-refractivity contribution in [1.82, 2.24) is 9.61 Å². The van der Waals surface area contributed by atoms with Crippen molar-refractivity contribution >= 4 is 18.0 Å². The van der Waals surface area contributed by atoms with Gasteiger partial charge in [0.2, 0.25) is 0 Å². The molecule has 2 nitrogen and oxygen atoms in total. The van der Waals surface area contributed by atoms with Gasteiger partial charge in [0.1, 0.15) is 0 Å². The van der Waals surface area contributed by atoms with Crippen LogP contribution in [0.3, 0.4) is 0 Å². The minimum atomic E-state index is -4.99. The lowest BCUT2D eigenvalue weighted by atomic mass is 9.81. The zero-order valence-electron chi connectivity index (χ0n) is 8.34. The van der Waals surface area contributed by atoms with Gasteiger partial charge in [0, 0.05) is 17.4 Å². The van der Waals surface area contributed by atoms with Crippen molar-refractivity contribution in [3.05, 3.63) is 29.6 Å². The van der Waals surface area contributed by atoms with Gasteiger partial charge in [-0.25, -0.2) is 4.52 Å². The van der Waals surface area contributed by atoms with Crippen molar-refractivity contribution in [3.63, 3.8) is 0 Å². The normalized spacial score (nSPS) is 12.3. The Morgan fingerprint density at radius 1 is 1.20 bits per heavy atom. The van der Waals surface area contributed by atoms with Crippen LogP contribution >= 0.6 is 0 Å². The predicted octanol–water partition coefficient (Wildman–Crippen LogP) is 2.01. The van der Waals surface area contributed by atoms with Gasteiger partial charge >= 0.3 is 6.98 Å². The van der Waals surface area contributed by atoms with Crippen LogP contribution in [0.2, 0.25) is 0 Å². The first-order valence-electron chi connectivity index (χ1n) is 4.55. The Kier molecular flexibility index (Phi) is 2.03. The maximum Gasteiger partial charge on any atom is 0.513 e. The van der Waals surface area contributed by atoms with Crippen LogP contribution in [-0.2, 0) is 0 Å². The molecule has 2 rings (SSSR count). The summed E-state index contributed by atoms with van der Waals surface area (Å²) in [5.74, 6) is 0. The van der Waals surface area contributed by atoms with Gasteiger partial charge in [-0.2, -0.15) is 5.10 Å². The molecule has 0 radical (unpaired) electrons. The molecule has 80 valence electrons. The molecule has 0 saturated carbocycles. The zero-order valence-corrected chi connectivity index (χ0v) is 8.34. The summed E-state index contributed by atoms with van der Waals surface area (Å²) in [5.41, 5.74) is 1.16. The molecule has 0 spiro atoms. The molecule has 0 unspecified atom stereocenters. The average molecular weight is 213 g/mol. The Bertz CT molecular complexity index is 516. The van der Waals surface area contributed by atoms with Gasteiger partial charge in [-0.15, -0.1) is 0 Å². The molecule has 0 bridgehead atoms. The van der Waals surface area contributed by atoms with Crippen LogP contribution in [0.5, 0.6) is 0 Å². The minimum absolute atomic E-state index is 0.130. The minimum Gasteiger partial charge on any atom is -0.445 e. The summed E-state index contributed by atoms with van der Waals surface area (Å²) in [6, 6.07) is 3.14. The molecule has 0 fully saturated rings. The monoisotopic (exact) mass is 213 g/mol. The van der Waals surface area contributed by atoms with Gasteiger partial charge in [-0.3, -0.25) is 0 Å². The topological polar surface area (TPSA) is 17.3 Å². The first-order chi connectivity index (χ1) is 6.91. The summed E-state index contributed by atoms with van der Waals surface area (Å²) in [7, 11) is 0. The van der Waals surface area contributed by atoms with Crippen molar-refractivity contribution in [2.45, 2.75) is 13.8 Å². The van der Waals surface area contributed by atoms with E-state index in [4.69, 9.17) is 0 Å². The Balaban J connectivity index is 2.78. The molecule has 15 heavy (non-hydrogen) atoms. The molecule has 2 heterocycles. The fourth-order valence-corrected chi connectivity index (χ4v) is 1.55. The second kappa shape index (κ2) is 3.02. The van der Waals surface area contributed by atoms with Crippen molar-refractivity contribution in [1.29, 1.82) is 0 Å². The lowest BCUT2D eigenvalue weighted by molar-refractivity contribution is 0.501. The summed E-state index contributed by atoms with van der Waals surface area (Å²) < 4.78 is 39.1. The number of hydrogen-bond donors (Lipinski definition) is 0. The number of rotatable bonds is 1. The molecular weight excluding hydrogens is 204 g/mol. The van der Waals surface area contributed by atoms with Crippen molar-refractivity contribution in [2.24, 2.45) is 0 Å². The quantitative estimate of drug-likeness (QED) is 0.662. The second-order valence-corrected chi connectivity index (χ2v) is 3.57. The number of pyridine rings is 1. The predicted molar refractivity (Wildman–Crippen MR) is 53.4 cm³/mol. The average Bonchev–Trinajstić information content (AvgIpc) is 2.54. The smallest absolute Gasteiger partial charge is 0.445 e. The Morgan fingerprint density at radius 3 is 2.47 bits per heavy atom. The molecule has 0 aliphatic rings. The SMILES string of the molecule is Cc1ccc2c([B-](F)(F)F)cnn2c1C. The third-order valence-electron chi connectivity index (χ3n) is 2.57. The molecule has 6 heteroatoms. The lowest BCUT2D eigenvalue weighted by Gasteiger charge is -2.12. The molecule has 0 aromatic carbocycles. The van der Waals surface area contributed by atoms with Gasteiger partial charge in [-0.05, 0) is 25.5 Å². The van der Waals surface area contributed by atoms with Gasteiger partial charge in [0.15, 0.2) is 0 Å². The molecule has 0 saturated heterocycles. The maximum absolute atomic E-state index is 12.6. The van der Waals surface area contributed by atoms with Gasteiger partial charge < -0.3 is 12.9 Å². The molecule has 0 N–H and O–H groups in total. The first-order valence-corrected chi connectivity index (χ1v) is 4.55. The Labute approximate surface area is 84.8 Å². The van der Waals surface area contributed by atoms with Crippen LogP contribution < -0.4 is 5.46 Å². The van der Waals surface area contributed by atoms with E-state index in [1.165, 1.54) is 10.6 Å². The number of nitrogens with zero attached hydrogens (tertiary/aromatic N) is 2. The molecule has 0 atom stereocenters. The molecular formula is C9H9BF3N2-. The summed E-state index contributed by atoms with van der Waals surface area (Å²) in [6.07, 6.45) is 0.891. The van der Waals surface area contributed by atoms with Crippen LogP contribution in [0.4, 0.5) is 12.9 Å². The van der Waals surface area contributed by atoms with Gasteiger partial charge in [0.25, 0.3) is 0 Å². The lowest BCUT2D eigenvalue weighted by Crippen LogP contribution is -2.33. The number of fused-ring (bicyclic) bond motifs is 1. The molecule has 2 aromatic heterocycles. The van der Waals surface area contributed by atoms with E-state index in [1.807, 2.05) is 6.92 Å². The maximum atomic E-state index is 12.6. The molecule has 0 amide bonds. The van der Waals surface area contributed by atoms with Crippen LogP contribution in [-0.4, -0.2) is 16.6 Å². The van der Waals surface area contributed by atoms with Crippen molar-refractivity contribution in [3.8, 4) is 0 Å². The van der Waals surface area contributed by atoms with Gasteiger partial charge in [0.05, 0.1) is 0 Å². The van der Waals surface area contributed by atoms with Crippen LogP contribution in [0.1, 0.15) is 11.3 Å². The highest BCUT2D eigenvalue weighted by Gasteiger charge is 2.29. The summed E-state index contributed by atoms with van der Waals surface area (Å²) in [6.45, 7) is -1.39. The first kappa shape index (κ1) is 10.1. The molecule has 2 aromatic rings. The number of hydrogen-bond acceptors (Lipinski definition) is 1. The third-order valence-corrected chi connectivity index (χ3v) is 2.57. The highest BCUT2D eigenvalue weighted by Crippen LogP contribution is 2.15. The van der Waals surface area contributed by atoms with Crippen molar-refractivity contribution < 1.29 is 12.9 Å². The number of aromatic nitrogens is 2. The second-order valence-electron chi connectivity index (χ2n) is 3.57. The summed E-state index contributed by atoms with van der Waals surface area (Å²) >= 11 is 0. The Hall–Kier alpha value is -1.46. The van der Waals surface area contributed by atoms with Crippen LogP contribution in [0, 0.1) is 13.8 Å². The molecule has 0 aliphatic heterocycles. The van der Waals surface area contributed by atoms with E-state index in [9.17, 15) is 12.9 Å². The fourth-order valence-electron chi connectivity index (χ4n) is 1.55. The largest absolute Gasteiger partial charge is 0.513 e. The van der Waals surface area contributed by atoms with E-state index in [-0.39, 0.29) is 5.52 Å². The van der Waals surface area contributed by atoms with E-state index in [0.29, 0.717) is 0 Å². The van der Waals surface area contributed by atoms with Crippen LogP contribution in [0.25, 0.3) is 5.52 Å². The standard InChI is InChI=1S/C9H9BF3N2/c1-6-3-4-9-8(10(11,12)13)5-14-15(9)7(6)2/h3-5H,1-2H3/q-1. The third kappa shape index (κ3) is 1.50. The zero-order chi connectivity index (χ0) is 11.2. The fraction of sp³-hybridized carbons (Fsp3) is 0.222. The van der Waals surface area contributed by atoms with Crippen molar-refractivity contribution in [2.75, 3.05) is 0 Å². The van der Waals surface area contributed by atoms with Crippen LogP contribution in [0.15, 0.2) is 18.3 Å². The number of halogens is 3. The van der Waals surface area contributed by atoms with E-state index in [1.54, 1.807) is 13.0 Å². The Morgan fingerprint density at radius 2 is 1.87 bits per heavy atom. The molecule has 0 aliphatic carbocycles. The van der Waals surface area contributed by atoms with E-state index >= 15 is 0 Å². The van der Waals surface area contributed by atoms with E-state index < -0.39 is 12.4 Å². The number of aryl methyl sites for hydroxylation is 2. The van der Waals surface area contributed by atoms with Gasteiger partial charge in [-0.1, -0.05) is 11.5 Å². The summed E-state index contributed by atoms with van der Waals surface area (Å²) in [5, 5.41) is 3.76. The van der Waals surface area contributed by atoms with E-state index in [2.05, 4.69) is 5.10 Å². The summed E-state index contributed by atoms with van der Waals surface area (Å²) in [4.78, 5) is 0. The highest BCUT2D eigenvalue weighted by molar-refractivity contribution is 6.75. The van der Waals surface area contributed by atoms with E-state index in [0.717, 1.165) is 17.5 Å². The highest BCUT2D eigenvalue weighted by atomic mass is 19.4.